The van der Waals surface area contributed by atoms with Gasteiger partial charge in [-0.2, -0.15) is 0 Å². The van der Waals surface area contributed by atoms with E-state index in [1.54, 1.807) is 4.88 Å². The molecule has 0 fully saturated rings. The molecule has 0 unspecified atom stereocenters. The summed E-state index contributed by atoms with van der Waals surface area (Å²) in [5.74, 6) is 0. The maximum Gasteiger partial charge on any atom is 0.0352 e. The van der Waals surface area contributed by atoms with E-state index in [0.29, 0.717) is 0 Å². The van der Waals surface area contributed by atoms with Gasteiger partial charge in [-0.15, -0.1) is 11.3 Å². The minimum atomic E-state index is 1.23. The molecule has 6 rings (SSSR count). The Labute approximate surface area is 225 Å². The third-order valence-electron chi connectivity index (χ3n) is 8.16. The van der Waals surface area contributed by atoms with E-state index in [-0.39, 0.29) is 0 Å². The standard InChI is InChI=1S/C36H38S/c1-2-3-4-5-6-7-8-9-10-11-16-31-22-30-24-35-29(25-36(30)37-31)18-20-32-33(35)19-17-28-21-26-14-12-13-15-27(26)23-34(28)32/h12-15,17-25H,2-11,16H2,1H3. The second-order valence-electron chi connectivity index (χ2n) is 10.9. The van der Waals surface area contributed by atoms with Crippen LogP contribution in [0.5, 0.6) is 0 Å². The molecule has 5 aromatic carbocycles. The molecule has 37 heavy (non-hydrogen) atoms. The molecule has 0 saturated carbocycles. The first-order valence-electron chi connectivity index (χ1n) is 14.5. The number of benzene rings is 5. The van der Waals surface area contributed by atoms with E-state index in [2.05, 4.69) is 85.8 Å². The van der Waals surface area contributed by atoms with Gasteiger partial charge in [-0.3, -0.25) is 0 Å². The largest absolute Gasteiger partial charge is 0.140 e. The van der Waals surface area contributed by atoms with Crippen LogP contribution in [0.25, 0.3) is 53.2 Å². The fourth-order valence-electron chi connectivity index (χ4n) is 6.06. The van der Waals surface area contributed by atoms with Gasteiger partial charge in [0, 0.05) is 9.58 Å². The molecule has 1 aromatic heterocycles. The maximum absolute atomic E-state index is 2.46. The van der Waals surface area contributed by atoms with Gasteiger partial charge in [0.25, 0.3) is 0 Å². The van der Waals surface area contributed by atoms with Gasteiger partial charge in [0.15, 0.2) is 0 Å². The Morgan fingerprint density at radius 1 is 0.459 bits per heavy atom. The summed E-state index contributed by atoms with van der Waals surface area (Å²) in [6.45, 7) is 2.30. The van der Waals surface area contributed by atoms with Crippen molar-refractivity contribution in [3.8, 4) is 0 Å². The van der Waals surface area contributed by atoms with Gasteiger partial charge in [-0.1, -0.05) is 113 Å². The van der Waals surface area contributed by atoms with Gasteiger partial charge in [0.2, 0.25) is 0 Å². The highest BCUT2D eigenvalue weighted by molar-refractivity contribution is 7.19. The van der Waals surface area contributed by atoms with E-state index < -0.39 is 0 Å². The van der Waals surface area contributed by atoms with Crippen molar-refractivity contribution in [3.63, 3.8) is 0 Å². The van der Waals surface area contributed by atoms with E-state index in [1.807, 2.05) is 11.3 Å². The van der Waals surface area contributed by atoms with Crippen molar-refractivity contribution in [1.29, 1.82) is 0 Å². The molecule has 0 aliphatic carbocycles. The van der Waals surface area contributed by atoms with Crippen molar-refractivity contribution in [3.05, 3.63) is 83.7 Å². The smallest absolute Gasteiger partial charge is 0.0352 e. The van der Waals surface area contributed by atoms with E-state index in [1.165, 1.54) is 124 Å². The van der Waals surface area contributed by atoms with Crippen molar-refractivity contribution in [1.82, 2.24) is 0 Å². The number of unbranched alkanes of at least 4 members (excludes halogenated alkanes) is 9. The van der Waals surface area contributed by atoms with Gasteiger partial charge >= 0.3 is 0 Å². The van der Waals surface area contributed by atoms with Crippen LogP contribution in [0.3, 0.4) is 0 Å². The number of rotatable bonds is 11. The zero-order valence-electron chi connectivity index (χ0n) is 22.2. The maximum atomic E-state index is 2.46. The number of aryl methyl sites for hydroxylation is 1. The molecule has 0 saturated heterocycles. The lowest BCUT2D eigenvalue weighted by Gasteiger charge is -2.09. The lowest BCUT2D eigenvalue weighted by atomic mass is 9.94. The van der Waals surface area contributed by atoms with Crippen molar-refractivity contribution in [2.24, 2.45) is 0 Å². The highest BCUT2D eigenvalue weighted by Crippen LogP contribution is 2.37. The topological polar surface area (TPSA) is 0 Å². The number of hydrogen-bond acceptors (Lipinski definition) is 1. The van der Waals surface area contributed by atoms with Crippen molar-refractivity contribution >= 4 is 64.5 Å². The molecule has 0 aliphatic heterocycles. The molecular weight excluding hydrogens is 464 g/mol. The predicted octanol–water partition coefficient (Wildman–Crippen LogP) is 12.0. The zero-order valence-corrected chi connectivity index (χ0v) is 23.0. The molecule has 0 radical (unpaired) electrons. The summed E-state index contributed by atoms with van der Waals surface area (Å²) in [5.41, 5.74) is 0. The molecule has 6 aromatic rings. The first-order valence-corrected chi connectivity index (χ1v) is 15.3. The zero-order chi connectivity index (χ0) is 25.0. The van der Waals surface area contributed by atoms with Crippen LogP contribution < -0.4 is 0 Å². The van der Waals surface area contributed by atoms with Gasteiger partial charge in [0.1, 0.15) is 0 Å². The van der Waals surface area contributed by atoms with Crippen LogP contribution >= 0.6 is 11.3 Å². The second kappa shape index (κ2) is 11.2. The molecule has 0 nitrogen and oxygen atoms in total. The summed E-state index contributed by atoms with van der Waals surface area (Å²) in [7, 11) is 0. The SMILES string of the molecule is CCCCCCCCCCCCc1cc2cc3c(ccc4c5cc6ccccc6cc5ccc34)cc2s1. The van der Waals surface area contributed by atoms with Gasteiger partial charge in [-0.25, -0.2) is 0 Å². The Morgan fingerprint density at radius 3 is 1.70 bits per heavy atom. The summed E-state index contributed by atoms with van der Waals surface area (Å²) in [6, 6.07) is 30.0. The molecule has 0 bridgehead atoms. The number of thiophene rings is 1. The van der Waals surface area contributed by atoms with Gasteiger partial charge in [-0.05, 0) is 91.6 Å². The van der Waals surface area contributed by atoms with E-state index in [0.717, 1.165) is 0 Å². The van der Waals surface area contributed by atoms with Crippen LogP contribution in [0, 0.1) is 0 Å². The molecule has 0 aliphatic rings. The predicted molar refractivity (Wildman–Crippen MR) is 167 cm³/mol. The van der Waals surface area contributed by atoms with Crippen molar-refractivity contribution in [2.75, 3.05) is 0 Å². The van der Waals surface area contributed by atoms with Crippen molar-refractivity contribution in [2.45, 2.75) is 77.6 Å². The molecule has 1 heteroatoms. The summed E-state index contributed by atoms with van der Waals surface area (Å²) in [6.07, 6.45) is 15.2. The van der Waals surface area contributed by atoms with Gasteiger partial charge < -0.3 is 0 Å². The summed E-state index contributed by atoms with van der Waals surface area (Å²) >= 11 is 2.00. The van der Waals surface area contributed by atoms with Crippen LogP contribution in [0.1, 0.15) is 76.0 Å². The van der Waals surface area contributed by atoms with E-state index in [9.17, 15) is 0 Å². The van der Waals surface area contributed by atoms with Crippen LogP contribution in [0.2, 0.25) is 0 Å². The number of fused-ring (bicyclic) bond motifs is 7. The highest BCUT2D eigenvalue weighted by atomic mass is 32.1. The van der Waals surface area contributed by atoms with Crippen LogP contribution in [0.15, 0.2) is 78.9 Å². The molecule has 188 valence electrons. The Kier molecular flexibility index (Phi) is 7.42. The summed E-state index contributed by atoms with van der Waals surface area (Å²) < 4.78 is 1.43. The monoisotopic (exact) mass is 502 g/mol. The second-order valence-corrected chi connectivity index (χ2v) is 12.1. The minimum absolute atomic E-state index is 1.23. The lowest BCUT2D eigenvalue weighted by Crippen LogP contribution is -1.84. The molecule has 0 N–H and O–H groups in total. The summed E-state index contributed by atoms with van der Waals surface area (Å²) in [5, 5.41) is 12.2. The fraction of sp³-hybridized carbons (Fsp3) is 0.333. The Bertz CT molecular complexity index is 1670. The quantitative estimate of drug-likeness (QED) is 0.0938. The Hall–Kier alpha value is -2.90. The first kappa shape index (κ1) is 24.4. The third-order valence-corrected chi connectivity index (χ3v) is 9.32. The Balaban J connectivity index is 1.19. The minimum Gasteiger partial charge on any atom is -0.140 e. The molecule has 0 spiro atoms. The van der Waals surface area contributed by atoms with E-state index in [4.69, 9.17) is 0 Å². The average Bonchev–Trinajstić information content (AvgIpc) is 3.33. The van der Waals surface area contributed by atoms with E-state index >= 15 is 0 Å². The first-order chi connectivity index (χ1) is 18.3. The average molecular weight is 503 g/mol. The Morgan fingerprint density at radius 2 is 1.03 bits per heavy atom. The van der Waals surface area contributed by atoms with Crippen LogP contribution in [0.4, 0.5) is 0 Å². The fourth-order valence-corrected chi connectivity index (χ4v) is 7.20. The van der Waals surface area contributed by atoms with Gasteiger partial charge in [0.05, 0.1) is 0 Å². The normalized spacial score (nSPS) is 12.0. The molecule has 1 heterocycles. The highest BCUT2D eigenvalue weighted by Gasteiger charge is 2.09. The number of hydrogen-bond donors (Lipinski definition) is 0. The third kappa shape index (κ3) is 5.25. The molecular formula is C36H38S. The van der Waals surface area contributed by atoms with Crippen LogP contribution in [-0.2, 0) is 6.42 Å². The summed E-state index contributed by atoms with van der Waals surface area (Å²) in [4.78, 5) is 1.55. The van der Waals surface area contributed by atoms with Crippen molar-refractivity contribution < 1.29 is 0 Å². The molecule has 0 amide bonds. The van der Waals surface area contributed by atoms with Crippen LogP contribution in [-0.4, -0.2) is 0 Å². The molecule has 0 atom stereocenters. The lowest BCUT2D eigenvalue weighted by molar-refractivity contribution is 0.557.